The van der Waals surface area contributed by atoms with E-state index in [-0.39, 0.29) is 17.8 Å². The van der Waals surface area contributed by atoms with Gasteiger partial charge in [-0.1, -0.05) is 6.92 Å². The van der Waals surface area contributed by atoms with Crippen molar-refractivity contribution in [1.29, 1.82) is 0 Å². The normalized spacial score (nSPS) is 11.7. The summed E-state index contributed by atoms with van der Waals surface area (Å²) in [4.78, 5) is 17.1. The Balaban J connectivity index is 2.57. The predicted molar refractivity (Wildman–Crippen MR) is 108 cm³/mol. The molecule has 1 amide bonds. The van der Waals surface area contributed by atoms with Crippen LogP contribution in [0.1, 0.15) is 47.4 Å². The predicted octanol–water partition coefficient (Wildman–Crippen LogP) is 4.38. The Morgan fingerprint density at radius 3 is 2.33 bits per heavy atom. The first-order valence-corrected chi connectivity index (χ1v) is 9.14. The van der Waals surface area contributed by atoms with Gasteiger partial charge in [0.2, 0.25) is 5.88 Å². The first kappa shape index (κ1) is 20.6. The van der Waals surface area contributed by atoms with E-state index in [1.165, 1.54) is 0 Å². The van der Waals surface area contributed by atoms with Gasteiger partial charge in [0.25, 0.3) is 5.91 Å². The molecule has 0 fully saturated rings. The molecule has 0 aliphatic heterocycles. The number of anilines is 1. The number of benzene rings is 1. The van der Waals surface area contributed by atoms with Crippen LogP contribution in [0, 0.1) is 20.8 Å². The monoisotopic (exact) mass is 371 g/mol. The zero-order chi connectivity index (χ0) is 20.1. The molecule has 0 aliphatic rings. The van der Waals surface area contributed by atoms with Crippen LogP contribution in [-0.2, 0) is 0 Å². The molecule has 1 aromatic carbocycles. The number of carbonyl (C=O) groups excluding carboxylic acids is 1. The highest BCUT2D eigenvalue weighted by molar-refractivity contribution is 6.01. The Labute approximate surface area is 161 Å². The molecular weight excluding hydrogens is 342 g/mol. The number of carbonyl (C=O) groups is 1. The summed E-state index contributed by atoms with van der Waals surface area (Å²) >= 11 is 0. The van der Waals surface area contributed by atoms with Gasteiger partial charge in [-0.2, -0.15) is 0 Å². The van der Waals surface area contributed by atoms with Crippen molar-refractivity contribution < 1.29 is 14.3 Å². The molecule has 0 radical (unpaired) electrons. The van der Waals surface area contributed by atoms with E-state index in [2.05, 4.69) is 29.5 Å². The summed E-state index contributed by atoms with van der Waals surface area (Å²) in [7, 11) is 3.23. The Kier molecular flexibility index (Phi) is 6.66. The number of ether oxygens (including phenoxy) is 2. The van der Waals surface area contributed by atoms with Crippen LogP contribution in [0.4, 0.5) is 5.69 Å². The van der Waals surface area contributed by atoms with Gasteiger partial charge in [-0.15, -0.1) is 0 Å². The van der Waals surface area contributed by atoms with Crippen molar-refractivity contribution in [3.63, 3.8) is 0 Å². The van der Waals surface area contributed by atoms with Gasteiger partial charge in [-0.05, 0) is 63.4 Å². The largest absolute Gasteiger partial charge is 0.497 e. The number of nitrogens with one attached hydrogen (secondary N) is 2. The second-order valence-electron chi connectivity index (χ2n) is 6.72. The summed E-state index contributed by atoms with van der Waals surface area (Å²) in [6.45, 7) is 9.93. The number of hydrogen-bond donors (Lipinski definition) is 2. The van der Waals surface area contributed by atoms with Gasteiger partial charge >= 0.3 is 0 Å². The summed E-state index contributed by atoms with van der Waals surface area (Å²) in [6, 6.07) is 5.89. The van der Waals surface area contributed by atoms with Crippen molar-refractivity contribution in [3.05, 3.63) is 40.6 Å². The van der Waals surface area contributed by atoms with Crippen LogP contribution in [0.5, 0.6) is 17.4 Å². The molecule has 1 heterocycles. The third kappa shape index (κ3) is 4.70. The number of hydrogen-bond acceptors (Lipinski definition) is 5. The fraction of sp³-hybridized carbons (Fsp3) is 0.429. The Morgan fingerprint density at radius 2 is 1.81 bits per heavy atom. The summed E-state index contributed by atoms with van der Waals surface area (Å²) in [6.07, 6.45) is 0.932. The minimum Gasteiger partial charge on any atom is -0.497 e. The van der Waals surface area contributed by atoms with Crippen molar-refractivity contribution >= 4 is 11.6 Å². The molecule has 146 valence electrons. The molecular formula is C21H29N3O3. The van der Waals surface area contributed by atoms with Crippen LogP contribution in [-0.4, -0.2) is 31.1 Å². The second-order valence-corrected chi connectivity index (χ2v) is 6.72. The third-order valence-corrected chi connectivity index (χ3v) is 4.45. The zero-order valence-electron chi connectivity index (χ0n) is 17.2. The average molecular weight is 371 g/mol. The van der Waals surface area contributed by atoms with Crippen molar-refractivity contribution in [1.82, 2.24) is 10.3 Å². The highest BCUT2D eigenvalue weighted by Gasteiger charge is 2.22. The smallest absolute Gasteiger partial charge is 0.258 e. The van der Waals surface area contributed by atoms with Crippen molar-refractivity contribution in [2.24, 2.45) is 0 Å². The molecule has 1 aromatic heterocycles. The standard InChI is InChI=1S/C21H29N3O3/c1-8-14(4)23-17-11-15(5)24-21(18(17)20(25)22-6)27-19-12(2)9-16(26-7)10-13(19)3/h9-11,14H,8H2,1-7H3,(H,22,25)(H,23,24). The first-order chi connectivity index (χ1) is 12.8. The number of amides is 1. The van der Waals surface area contributed by atoms with Gasteiger partial charge in [0, 0.05) is 18.8 Å². The van der Waals surface area contributed by atoms with Crippen molar-refractivity contribution in [3.8, 4) is 17.4 Å². The maximum Gasteiger partial charge on any atom is 0.258 e. The van der Waals surface area contributed by atoms with Crippen LogP contribution in [0.2, 0.25) is 0 Å². The van der Waals surface area contributed by atoms with Crippen molar-refractivity contribution in [2.75, 3.05) is 19.5 Å². The summed E-state index contributed by atoms with van der Waals surface area (Å²) in [5.74, 6) is 1.48. The van der Waals surface area contributed by atoms with Crippen LogP contribution in [0.15, 0.2) is 18.2 Å². The molecule has 6 nitrogen and oxygen atoms in total. The molecule has 27 heavy (non-hydrogen) atoms. The van der Waals surface area contributed by atoms with E-state index in [1.54, 1.807) is 14.2 Å². The molecule has 0 aliphatic carbocycles. The molecule has 6 heteroatoms. The lowest BCUT2D eigenvalue weighted by atomic mass is 10.1. The second kappa shape index (κ2) is 8.75. The van der Waals surface area contributed by atoms with Gasteiger partial charge in [-0.3, -0.25) is 4.79 Å². The number of pyridine rings is 1. The van der Waals surface area contributed by atoms with E-state index >= 15 is 0 Å². The van der Waals surface area contributed by atoms with E-state index in [0.29, 0.717) is 11.3 Å². The Morgan fingerprint density at radius 1 is 1.19 bits per heavy atom. The minimum absolute atomic E-state index is 0.215. The Bertz CT molecular complexity index is 811. The highest BCUT2D eigenvalue weighted by atomic mass is 16.5. The van der Waals surface area contributed by atoms with Crippen LogP contribution in [0.25, 0.3) is 0 Å². The lowest BCUT2D eigenvalue weighted by Gasteiger charge is -2.20. The van der Waals surface area contributed by atoms with Gasteiger partial charge in [-0.25, -0.2) is 4.98 Å². The molecule has 0 saturated carbocycles. The lowest BCUT2D eigenvalue weighted by molar-refractivity contribution is 0.0961. The fourth-order valence-corrected chi connectivity index (χ4v) is 2.83. The van der Waals surface area contributed by atoms with Crippen LogP contribution < -0.4 is 20.1 Å². The van der Waals surface area contributed by atoms with Gasteiger partial charge < -0.3 is 20.1 Å². The molecule has 0 saturated heterocycles. The first-order valence-electron chi connectivity index (χ1n) is 9.14. The summed E-state index contributed by atoms with van der Waals surface area (Å²) in [5.41, 5.74) is 3.71. The zero-order valence-corrected chi connectivity index (χ0v) is 17.2. The van der Waals surface area contributed by atoms with Crippen LogP contribution >= 0.6 is 0 Å². The molecule has 1 atom stereocenters. The Hall–Kier alpha value is -2.76. The molecule has 2 rings (SSSR count). The number of nitrogens with zero attached hydrogens (tertiary/aromatic N) is 1. The van der Waals surface area contributed by atoms with Crippen LogP contribution in [0.3, 0.4) is 0 Å². The van der Waals surface area contributed by atoms with E-state index in [0.717, 1.165) is 34.7 Å². The van der Waals surface area contributed by atoms with E-state index < -0.39 is 0 Å². The SMILES string of the molecule is CCC(C)Nc1cc(C)nc(Oc2c(C)cc(OC)cc2C)c1C(=O)NC. The number of aromatic nitrogens is 1. The molecule has 0 bridgehead atoms. The lowest BCUT2D eigenvalue weighted by Crippen LogP contribution is -2.23. The van der Waals surface area contributed by atoms with E-state index in [1.807, 2.05) is 39.0 Å². The minimum atomic E-state index is -0.243. The maximum absolute atomic E-state index is 12.6. The highest BCUT2D eigenvalue weighted by Crippen LogP contribution is 2.35. The van der Waals surface area contributed by atoms with Gasteiger partial charge in [0.05, 0.1) is 12.8 Å². The van der Waals surface area contributed by atoms with Gasteiger partial charge in [0.1, 0.15) is 17.1 Å². The van der Waals surface area contributed by atoms with Crippen molar-refractivity contribution in [2.45, 2.75) is 47.1 Å². The number of aryl methyl sites for hydroxylation is 3. The van der Waals surface area contributed by atoms with Gasteiger partial charge in [0.15, 0.2) is 0 Å². The average Bonchev–Trinajstić information content (AvgIpc) is 2.63. The fourth-order valence-electron chi connectivity index (χ4n) is 2.83. The summed E-state index contributed by atoms with van der Waals surface area (Å²) < 4.78 is 11.5. The molecule has 2 N–H and O–H groups in total. The topological polar surface area (TPSA) is 72.5 Å². The maximum atomic E-state index is 12.6. The number of rotatable bonds is 7. The molecule has 0 spiro atoms. The summed E-state index contributed by atoms with van der Waals surface area (Å²) in [5, 5.41) is 6.08. The molecule has 2 aromatic rings. The van der Waals surface area contributed by atoms with E-state index in [9.17, 15) is 4.79 Å². The third-order valence-electron chi connectivity index (χ3n) is 4.45. The number of methoxy groups -OCH3 is 1. The molecule has 1 unspecified atom stereocenters. The van der Waals surface area contributed by atoms with E-state index in [4.69, 9.17) is 9.47 Å². The quantitative estimate of drug-likeness (QED) is 0.756.